The van der Waals surface area contributed by atoms with Crippen LogP contribution in [0.15, 0.2) is 106 Å². The summed E-state index contributed by atoms with van der Waals surface area (Å²) in [6, 6.07) is 16.8. The van der Waals surface area contributed by atoms with Crippen LogP contribution in [0.25, 0.3) is 0 Å². The van der Waals surface area contributed by atoms with Gasteiger partial charge in [-0.25, -0.2) is 9.97 Å². The Labute approximate surface area is 234 Å². The third kappa shape index (κ3) is 10.7. The first kappa shape index (κ1) is 30.5. The van der Waals surface area contributed by atoms with E-state index in [9.17, 15) is 10.2 Å². The van der Waals surface area contributed by atoms with E-state index in [4.69, 9.17) is 10.2 Å². The van der Waals surface area contributed by atoms with E-state index in [1.807, 2.05) is 0 Å². The number of hydrogen-bond acceptors (Lipinski definition) is 12. The van der Waals surface area contributed by atoms with Crippen LogP contribution in [-0.2, 0) is 30.0 Å². The molecule has 12 nitrogen and oxygen atoms in total. The van der Waals surface area contributed by atoms with Gasteiger partial charge in [0.1, 0.15) is 0 Å². The van der Waals surface area contributed by atoms with E-state index in [-0.39, 0.29) is 30.0 Å². The van der Waals surface area contributed by atoms with E-state index >= 15 is 0 Å². The van der Waals surface area contributed by atoms with Crippen LogP contribution >= 0.6 is 0 Å². The SMILES string of the molecule is [Co+2].[O-]/C(=N\N=C\c1cccc(CO)n1)c1cccnc1.[O-]/C(=N\N=C\c1cccc(CO)n1)c1cccnc1. The van der Waals surface area contributed by atoms with Crippen molar-refractivity contribution in [1.82, 2.24) is 19.9 Å². The number of aliphatic hydroxyl groups excluding tert-OH is 2. The molecule has 199 valence electrons. The van der Waals surface area contributed by atoms with Crippen molar-refractivity contribution >= 4 is 24.2 Å². The van der Waals surface area contributed by atoms with E-state index in [1.165, 1.54) is 24.8 Å². The van der Waals surface area contributed by atoms with Gasteiger partial charge in [0.15, 0.2) is 0 Å². The van der Waals surface area contributed by atoms with Gasteiger partial charge in [0.25, 0.3) is 0 Å². The quantitative estimate of drug-likeness (QED) is 0.171. The van der Waals surface area contributed by atoms with Crippen molar-refractivity contribution in [3.63, 3.8) is 0 Å². The van der Waals surface area contributed by atoms with Gasteiger partial charge >= 0.3 is 16.8 Å². The predicted molar refractivity (Wildman–Crippen MR) is 137 cm³/mol. The normalized spacial score (nSPS) is 11.6. The van der Waals surface area contributed by atoms with E-state index in [1.54, 1.807) is 73.1 Å². The van der Waals surface area contributed by atoms with Gasteiger partial charge in [0.2, 0.25) is 0 Å². The van der Waals surface area contributed by atoms with Crippen molar-refractivity contribution in [2.45, 2.75) is 13.2 Å². The summed E-state index contributed by atoms with van der Waals surface area (Å²) < 4.78 is 0. The molecule has 0 amide bonds. The molecule has 4 heterocycles. The summed E-state index contributed by atoms with van der Waals surface area (Å²) in [6.07, 6.45) is 8.70. The predicted octanol–water partition coefficient (Wildman–Crippen LogP) is 0.217. The van der Waals surface area contributed by atoms with Gasteiger partial charge in [0.05, 0.1) is 48.4 Å². The van der Waals surface area contributed by atoms with Crippen LogP contribution in [0, 0.1) is 0 Å². The number of pyridine rings is 4. The Morgan fingerprint density at radius 3 is 1.46 bits per heavy atom. The summed E-state index contributed by atoms with van der Waals surface area (Å²) in [5.41, 5.74) is 2.85. The molecule has 4 aromatic heterocycles. The summed E-state index contributed by atoms with van der Waals surface area (Å²) >= 11 is 0. The minimum atomic E-state index is -0.470. The van der Waals surface area contributed by atoms with Gasteiger partial charge in [-0.15, -0.1) is 0 Å². The maximum atomic E-state index is 11.6. The molecule has 0 spiro atoms. The van der Waals surface area contributed by atoms with Crippen molar-refractivity contribution in [3.8, 4) is 0 Å². The number of aromatic nitrogens is 4. The second kappa shape index (κ2) is 16.9. The van der Waals surface area contributed by atoms with Crippen LogP contribution in [0.4, 0.5) is 0 Å². The van der Waals surface area contributed by atoms with Crippen LogP contribution < -0.4 is 10.2 Å². The molecule has 0 fully saturated rings. The van der Waals surface area contributed by atoms with Gasteiger partial charge in [-0.05, 0) is 36.4 Å². The number of nitrogens with zero attached hydrogens (tertiary/aromatic N) is 8. The second-order valence-electron chi connectivity index (χ2n) is 7.21. The first-order chi connectivity index (χ1) is 18.6. The first-order valence-electron chi connectivity index (χ1n) is 11.1. The van der Waals surface area contributed by atoms with Crippen LogP contribution in [-0.4, -0.2) is 54.4 Å². The average molecular weight is 569 g/mol. The van der Waals surface area contributed by atoms with E-state index in [0.717, 1.165) is 0 Å². The van der Waals surface area contributed by atoms with Crippen LogP contribution in [0.2, 0.25) is 0 Å². The molecule has 1 radical (unpaired) electrons. The molecular formula is C26H22CoN8O4. The maximum absolute atomic E-state index is 11.6. The van der Waals surface area contributed by atoms with Crippen molar-refractivity contribution in [2.75, 3.05) is 0 Å². The van der Waals surface area contributed by atoms with Gasteiger partial charge < -0.3 is 20.4 Å². The molecular weight excluding hydrogens is 547 g/mol. The molecule has 13 heteroatoms. The molecule has 2 N–H and O–H groups in total. The summed E-state index contributed by atoms with van der Waals surface area (Å²) in [5.74, 6) is -0.940. The molecule has 0 aliphatic rings. The Morgan fingerprint density at radius 2 is 1.10 bits per heavy atom. The van der Waals surface area contributed by atoms with E-state index in [2.05, 4.69) is 40.3 Å². The zero-order valence-corrected chi connectivity index (χ0v) is 21.3. The molecule has 0 aliphatic heterocycles. The monoisotopic (exact) mass is 569 g/mol. The molecule has 0 unspecified atom stereocenters. The maximum Gasteiger partial charge on any atom is 2.00 e. The fourth-order valence-corrected chi connectivity index (χ4v) is 2.69. The molecule has 0 atom stereocenters. The van der Waals surface area contributed by atoms with Crippen molar-refractivity contribution in [1.29, 1.82) is 0 Å². The zero-order valence-electron chi connectivity index (χ0n) is 20.3. The molecule has 0 aliphatic carbocycles. The first-order valence-corrected chi connectivity index (χ1v) is 11.1. The summed E-state index contributed by atoms with van der Waals surface area (Å²) in [4.78, 5) is 15.8. The second-order valence-corrected chi connectivity index (χ2v) is 7.21. The third-order valence-corrected chi connectivity index (χ3v) is 4.47. The molecule has 4 aromatic rings. The Morgan fingerprint density at radius 1 is 0.667 bits per heavy atom. The van der Waals surface area contributed by atoms with Crippen LogP contribution in [0.1, 0.15) is 33.9 Å². The minimum absolute atomic E-state index is 0. The Kier molecular flexibility index (Phi) is 13.3. The van der Waals surface area contributed by atoms with Gasteiger partial charge in [0, 0.05) is 47.7 Å². The van der Waals surface area contributed by atoms with Crippen LogP contribution in [0.5, 0.6) is 0 Å². The van der Waals surface area contributed by atoms with E-state index < -0.39 is 11.8 Å². The molecule has 0 saturated heterocycles. The summed E-state index contributed by atoms with van der Waals surface area (Å²) in [6.45, 7) is -0.291. The third-order valence-electron chi connectivity index (χ3n) is 4.47. The smallest absolute Gasteiger partial charge is 0.857 e. The van der Waals surface area contributed by atoms with Gasteiger partial charge in [-0.1, -0.05) is 24.3 Å². The Bertz CT molecular complexity index is 1310. The molecule has 0 aromatic carbocycles. The van der Waals surface area contributed by atoms with Crippen molar-refractivity contribution in [3.05, 3.63) is 119 Å². The standard InChI is InChI=1S/2C13H12N4O2.Co/c2*18-9-12-5-1-4-11(16-12)8-15-17-13(19)10-3-2-6-14-7-10;/h2*1-8,18H,9H2,(H,17,19);/q;;+2/p-2/b2*15-8+;. The van der Waals surface area contributed by atoms with Crippen molar-refractivity contribution < 1.29 is 37.2 Å². The largest absolute Gasteiger partial charge is 2.00 e. The molecule has 39 heavy (non-hydrogen) atoms. The van der Waals surface area contributed by atoms with E-state index in [0.29, 0.717) is 33.9 Å². The molecule has 4 rings (SSSR count). The Balaban J connectivity index is 0.000000267. The van der Waals surface area contributed by atoms with Gasteiger partial charge in [-0.2, -0.15) is 20.4 Å². The fraction of sp³-hybridized carbons (Fsp3) is 0.0769. The number of aliphatic hydroxyl groups is 2. The fourth-order valence-electron chi connectivity index (χ4n) is 2.69. The summed E-state index contributed by atoms with van der Waals surface area (Å²) in [5, 5.41) is 55.4. The van der Waals surface area contributed by atoms with Crippen molar-refractivity contribution in [2.24, 2.45) is 20.4 Å². The number of rotatable bonds is 8. The Hall–Kier alpha value is -4.69. The molecule has 0 saturated carbocycles. The zero-order chi connectivity index (χ0) is 27.0. The number of hydrogen-bond donors (Lipinski definition) is 2. The van der Waals surface area contributed by atoms with Crippen LogP contribution in [0.3, 0.4) is 0 Å². The molecule has 0 bridgehead atoms. The topological polar surface area (TPSA) is 188 Å². The summed E-state index contributed by atoms with van der Waals surface area (Å²) in [7, 11) is 0. The minimum Gasteiger partial charge on any atom is -0.857 e. The average Bonchev–Trinajstić information content (AvgIpc) is 2.98. The van der Waals surface area contributed by atoms with Gasteiger partial charge in [-0.3, -0.25) is 9.97 Å².